The van der Waals surface area contributed by atoms with Crippen molar-refractivity contribution in [1.29, 1.82) is 0 Å². The van der Waals surface area contributed by atoms with E-state index in [-0.39, 0.29) is 5.75 Å². The summed E-state index contributed by atoms with van der Waals surface area (Å²) in [6, 6.07) is 9.98. The second kappa shape index (κ2) is 15.1. The molecular weight excluding hydrogens is 418 g/mol. The summed E-state index contributed by atoms with van der Waals surface area (Å²) in [5, 5.41) is 10.7. The zero-order chi connectivity index (χ0) is 24.0. The van der Waals surface area contributed by atoms with Crippen LogP contribution in [0.15, 0.2) is 30.3 Å². The Labute approximate surface area is 208 Å². The van der Waals surface area contributed by atoms with E-state index in [1.807, 2.05) is 12.1 Å². The van der Waals surface area contributed by atoms with Crippen molar-refractivity contribution < 1.29 is 9.84 Å². The first-order chi connectivity index (χ1) is 16.7. The van der Waals surface area contributed by atoms with Crippen molar-refractivity contribution >= 4 is 0 Å². The maximum absolute atomic E-state index is 10.7. The number of phenolic OH excluding ortho intramolecular Hbond substituents is 1. The monoisotopic (exact) mass is 465 g/mol. The van der Waals surface area contributed by atoms with Crippen LogP contribution in [-0.4, -0.2) is 16.7 Å². The third-order valence-corrected chi connectivity index (χ3v) is 7.34. The number of aromatic hydroxyl groups is 1. The van der Waals surface area contributed by atoms with E-state index in [2.05, 4.69) is 26.0 Å². The summed E-state index contributed by atoms with van der Waals surface area (Å²) in [7, 11) is 0. The van der Waals surface area contributed by atoms with Crippen LogP contribution in [0.1, 0.15) is 115 Å². The smallest absolute Gasteiger partial charge is 0.128 e. The topological polar surface area (TPSA) is 42.4 Å². The zero-order valence-electron chi connectivity index (χ0n) is 21.8. The fourth-order valence-electron chi connectivity index (χ4n) is 5.19. The number of hydrogen-bond acceptors (Lipinski definition) is 3. The molecule has 0 fully saturated rings. The number of hydrogen-bond donors (Lipinski definition) is 1. The number of ether oxygens (including phenoxy) is 1. The van der Waals surface area contributed by atoms with Gasteiger partial charge in [-0.05, 0) is 55.4 Å². The Morgan fingerprint density at radius 3 is 2.29 bits per heavy atom. The Bertz CT molecular complexity index is 847. The predicted molar refractivity (Wildman–Crippen MR) is 144 cm³/mol. The molecule has 34 heavy (non-hydrogen) atoms. The lowest BCUT2D eigenvalue weighted by Gasteiger charge is -2.24. The molecule has 3 nitrogen and oxygen atoms in total. The Hall–Kier alpha value is -2.03. The van der Waals surface area contributed by atoms with Gasteiger partial charge >= 0.3 is 0 Å². The highest BCUT2D eigenvalue weighted by molar-refractivity contribution is 5.68. The van der Waals surface area contributed by atoms with Gasteiger partial charge in [0.25, 0.3) is 0 Å². The molecule has 0 saturated carbocycles. The lowest BCUT2D eigenvalue weighted by molar-refractivity contribution is 0.303. The molecule has 0 amide bonds. The largest absolute Gasteiger partial charge is 0.507 e. The van der Waals surface area contributed by atoms with E-state index in [4.69, 9.17) is 9.72 Å². The molecule has 1 aromatic heterocycles. The number of pyridine rings is 1. The molecule has 1 heterocycles. The molecule has 3 rings (SSSR count). The van der Waals surface area contributed by atoms with Crippen molar-refractivity contribution in [3.8, 4) is 22.8 Å². The Morgan fingerprint density at radius 2 is 1.56 bits per heavy atom. The van der Waals surface area contributed by atoms with Crippen LogP contribution in [0.3, 0.4) is 0 Å². The normalized spacial score (nSPS) is 15.3. The SMILES string of the molecule is CCCCCCCCCOc1ccc(-c2ccc3c(n2)CC[C@@H](CCCCCCC)C3)c(O)c1. The molecule has 1 atom stereocenters. The number of rotatable bonds is 16. The van der Waals surface area contributed by atoms with Gasteiger partial charge in [0.1, 0.15) is 11.5 Å². The van der Waals surface area contributed by atoms with Gasteiger partial charge in [0.05, 0.1) is 12.3 Å². The Kier molecular flexibility index (Phi) is 11.8. The van der Waals surface area contributed by atoms with Crippen molar-refractivity contribution in [3.63, 3.8) is 0 Å². The predicted octanol–water partition coefficient (Wildman–Crippen LogP) is 9.05. The van der Waals surface area contributed by atoms with Gasteiger partial charge in [-0.2, -0.15) is 0 Å². The number of fused-ring (bicyclic) bond motifs is 1. The average Bonchev–Trinajstić information content (AvgIpc) is 2.85. The molecular formula is C31H47NO2. The van der Waals surface area contributed by atoms with Crippen molar-refractivity contribution in [3.05, 3.63) is 41.6 Å². The number of aromatic nitrogens is 1. The van der Waals surface area contributed by atoms with Crippen LogP contribution in [0.5, 0.6) is 11.5 Å². The average molecular weight is 466 g/mol. The van der Waals surface area contributed by atoms with Crippen LogP contribution in [0.4, 0.5) is 0 Å². The van der Waals surface area contributed by atoms with E-state index >= 15 is 0 Å². The third-order valence-electron chi connectivity index (χ3n) is 7.34. The summed E-state index contributed by atoms with van der Waals surface area (Å²) in [6.45, 7) is 5.24. The molecule has 1 N–H and O–H groups in total. The first-order valence-corrected chi connectivity index (χ1v) is 14.2. The van der Waals surface area contributed by atoms with Crippen LogP contribution in [0.25, 0.3) is 11.3 Å². The lowest BCUT2D eigenvalue weighted by Crippen LogP contribution is -2.15. The third kappa shape index (κ3) is 8.64. The van der Waals surface area contributed by atoms with Gasteiger partial charge in [0.15, 0.2) is 0 Å². The van der Waals surface area contributed by atoms with Crippen LogP contribution in [0, 0.1) is 5.92 Å². The summed E-state index contributed by atoms with van der Waals surface area (Å²) in [6.07, 6.45) is 20.5. The minimum Gasteiger partial charge on any atom is -0.507 e. The second-order valence-electron chi connectivity index (χ2n) is 10.3. The minimum atomic E-state index is 0.255. The molecule has 0 bridgehead atoms. The Morgan fingerprint density at radius 1 is 0.853 bits per heavy atom. The molecule has 1 aromatic carbocycles. The van der Waals surface area contributed by atoms with Crippen LogP contribution >= 0.6 is 0 Å². The minimum absolute atomic E-state index is 0.255. The number of benzene rings is 1. The van der Waals surface area contributed by atoms with Crippen LogP contribution in [0.2, 0.25) is 0 Å². The number of phenols is 1. The van der Waals surface area contributed by atoms with Crippen molar-refractivity contribution in [2.45, 2.75) is 117 Å². The molecule has 0 radical (unpaired) electrons. The molecule has 1 aliphatic carbocycles. The standard InChI is InChI=1S/C31H47NO2/c1-3-5-7-9-10-12-14-22-34-27-18-19-28(31(33)24-27)30-21-17-26-23-25(16-20-29(26)32-30)15-13-11-8-6-4-2/h17-19,21,24-25,33H,3-16,20,22-23H2,1-2H3/t25-/m1/s1. The highest BCUT2D eigenvalue weighted by Gasteiger charge is 2.20. The molecule has 3 heteroatoms. The van der Waals surface area contributed by atoms with Gasteiger partial charge in [-0.25, -0.2) is 0 Å². The summed E-state index contributed by atoms with van der Waals surface area (Å²) >= 11 is 0. The van der Waals surface area contributed by atoms with Gasteiger partial charge in [-0.1, -0.05) is 97.0 Å². The van der Waals surface area contributed by atoms with Gasteiger partial charge in [0.2, 0.25) is 0 Å². The summed E-state index contributed by atoms with van der Waals surface area (Å²) < 4.78 is 5.88. The van der Waals surface area contributed by atoms with Crippen LogP contribution < -0.4 is 4.74 Å². The van der Waals surface area contributed by atoms with E-state index in [1.54, 1.807) is 6.07 Å². The maximum atomic E-state index is 10.7. The Balaban J connectivity index is 1.46. The highest BCUT2D eigenvalue weighted by Crippen LogP contribution is 2.34. The number of aryl methyl sites for hydroxylation is 1. The van der Waals surface area contributed by atoms with Crippen molar-refractivity contribution in [2.24, 2.45) is 5.92 Å². The summed E-state index contributed by atoms with van der Waals surface area (Å²) in [5.41, 5.74) is 4.29. The quantitative estimate of drug-likeness (QED) is 0.251. The van der Waals surface area contributed by atoms with E-state index < -0.39 is 0 Å². The van der Waals surface area contributed by atoms with Gasteiger partial charge in [0, 0.05) is 17.3 Å². The molecule has 0 spiro atoms. The van der Waals surface area contributed by atoms with E-state index in [9.17, 15) is 5.11 Å². The van der Waals surface area contributed by atoms with E-state index in [0.29, 0.717) is 6.61 Å². The van der Waals surface area contributed by atoms with E-state index in [1.165, 1.54) is 94.7 Å². The van der Waals surface area contributed by atoms with Crippen molar-refractivity contribution in [1.82, 2.24) is 4.98 Å². The fourth-order valence-corrected chi connectivity index (χ4v) is 5.19. The first kappa shape index (κ1) is 26.6. The molecule has 2 aromatic rings. The van der Waals surface area contributed by atoms with Crippen LogP contribution in [-0.2, 0) is 12.8 Å². The molecule has 0 saturated heterocycles. The summed E-state index contributed by atoms with van der Waals surface area (Å²) in [5.74, 6) is 1.81. The molecule has 0 aliphatic heterocycles. The highest BCUT2D eigenvalue weighted by atomic mass is 16.5. The zero-order valence-corrected chi connectivity index (χ0v) is 21.8. The second-order valence-corrected chi connectivity index (χ2v) is 10.3. The van der Waals surface area contributed by atoms with E-state index in [0.717, 1.165) is 42.2 Å². The van der Waals surface area contributed by atoms with Gasteiger partial charge in [-0.15, -0.1) is 0 Å². The lowest BCUT2D eigenvalue weighted by atomic mass is 9.83. The van der Waals surface area contributed by atoms with Gasteiger partial charge < -0.3 is 9.84 Å². The molecule has 1 aliphatic rings. The fraction of sp³-hybridized carbons (Fsp3) is 0.645. The number of unbranched alkanes of at least 4 members (excludes halogenated alkanes) is 10. The molecule has 0 unspecified atom stereocenters. The molecule has 188 valence electrons. The first-order valence-electron chi connectivity index (χ1n) is 14.2. The summed E-state index contributed by atoms with van der Waals surface area (Å²) in [4.78, 5) is 4.95. The maximum Gasteiger partial charge on any atom is 0.128 e. The number of nitrogens with zero attached hydrogens (tertiary/aromatic N) is 1. The van der Waals surface area contributed by atoms with Crippen molar-refractivity contribution in [2.75, 3.05) is 6.61 Å². The van der Waals surface area contributed by atoms with Gasteiger partial charge in [-0.3, -0.25) is 4.98 Å².